The lowest BCUT2D eigenvalue weighted by molar-refractivity contribution is -0.378. The molecule has 0 aliphatic rings. The number of H-pyrrole nitrogens is 1. The summed E-state index contributed by atoms with van der Waals surface area (Å²) in [5.41, 5.74) is 10.8. The molecule has 0 unspecified atom stereocenters. The summed E-state index contributed by atoms with van der Waals surface area (Å²) in [5.74, 6) is -0.852. The molecule has 2 aromatic rings. The molecular weight excluding hydrogens is 244 g/mol. The third kappa shape index (κ3) is 5.92. The van der Waals surface area contributed by atoms with Crippen molar-refractivity contribution >= 4 is 11.8 Å². The highest BCUT2D eigenvalue weighted by Gasteiger charge is 1.98. The van der Waals surface area contributed by atoms with Crippen molar-refractivity contribution < 1.29 is 16.0 Å². The van der Waals surface area contributed by atoms with Crippen molar-refractivity contribution in [1.82, 2.24) is 4.98 Å². The second-order valence-electron chi connectivity index (χ2n) is 3.26. The average Bonchev–Trinajstić information content (AvgIpc) is 2.41. The maximum absolute atomic E-state index is 10.4. The largest absolute Gasteiger partial charge is 0.366 e. The zero-order chi connectivity index (χ0) is 13.4. The van der Waals surface area contributed by atoms with Gasteiger partial charge in [0.25, 0.3) is 5.91 Å². The molecule has 2 heterocycles. The van der Waals surface area contributed by atoms with Gasteiger partial charge in [-0.05, 0) is 18.2 Å². The molecule has 0 radical (unpaired) electrons. The van der Waals surface area contributed by atoms with Crippen molar-refractivity contribution in [3.05, 3.63) is 60.2 Å². The molecule has 0 saturated carbocycles. The standard InChI is InChI=1S/2C6H6N2O.CH4.H2/c2*7-6(9)5-2-1-3-8-4-5;;/h2*1-4H,(H2,7,9);1H4;1H/p+1/i;;;1+1. The molecule has 0 saturated heterocycles. The molecule has 0 bridgehead atoms. The summed E-state index contributed by atoms with van der Waals surface area (Å²) in [6, 6.07) is 6.66. The van der Waals surface area contributed by atoms with Crippen molar-refractivity contribution in [2.75, 3.05) is 0 Å². The molecule has 6 nitrogen and oxygen atoms in total. The first-order valence-electron chi connectivity index (χ1n) is 5.07. The number of rotatable bonds is 2. The van der Waals surface area contributed by atoms with Gasteiger partial charge in [-0.1, -0.05) is 7.43 Å². The van der Waals surface area contributed by atoms with Crippen LogP contribution in [0.1, 0.15) is 29.6 Å². The van der Waals surface area contributed by atoms with Crippen LogP contribution in [-0.4, -0.2) is 16.8 Å². The Bertz CT molecular complexity index is 471. The lowest BCUT2D eigenvalue weighted by Crippen LogP contribution is -2.14. The number of carbonyl (C=O) groups excluding carboxylic acids is 2. The fourth-order valence-electron chi connectivity index (χ4n) is 1.06. The minimum Gasteiger partial charge on any atom is -0.366 e. The van der Waals surface area contributed by atoms with Crippen LogP contribution in [0, 0.1) is 0 Å². The van der Waals surface area contributed by atoms with Gasteiger partial charge >= 0.3 is 0 Å². The number of hydrogen-bond acceptors (Lipinski definition) is 3. The zero-order valence-corrected chi connectivity index (χ0v) is 9.54. The zero-order valence-electron chi connectivity index (χ0n) is 9.54. The van der Waals surface area contributed by atoms with Crippen LogP contribution in [0.4, 0.5) is 0 Å². The minimum atomic E-state index is -0.442. The molecule has 0 aromatic carbocycles. The van der Waals surface area contributed by atoms with Gasteiger partial charge in [-0.2, -0.15) is 0 Å². The maximum Gasteiger partial charge on any atom is 0.254 e. The third-order valence-corrected chi connectivity index (χ3v) is 1.94. The predicted molar refractivity (Wildman–Crippen MR) is 73.1 cm³/mol. The van der Waals surface area contributed by atoms with Crippen molar-refractivity contribution in [2.24, 2.45) is 11.5 Å². The fourth-order valence-corrected chi connectivity index (χ4v) is 1.06. The molecule has 19 heavy (non-hydrogen) atoms. The van der Waals surface area contributed by atoms with Gasteiger partial charge in [-0.15, -0.1) is 0 Å². The number of carbonyl (C=O) groups is 2. The molecule has 0 aliphatic heterocycles. The Morgan fingerprint density at radius 3 is 2.05 bits per heavy atom. The van der Waals surface area contributed by atoms with E-state index in [1.165, 1.54) is 6.20 Å². The van der Waals surface area contributed by atoms with Gasteiger partial charge in [0, 0.05) is 19.9 Å². The van der Waals surface area contributed by atoms with E-state index in [0.29, 0.717) is 11.1 Å². The molecule has 102 valence electrons. The van der Waals surface area contributed by atoms with Crippen LogP contribution in [0.5, 0.6) is 0 Å². The number of nitrogens with one attached hydrogen (secondary N) is 1. The highest BCUT2D eigenvalue weighted by Crippen LogP contribution is 1.91. The Hall–Kier alpha value is -2.76. The molecule has 6 heteroatoms. The van der Waals surface area contributed by atoms with Gasteiger partial charge in [-0.3, -0.25) is 14.6 Å². The van der Waals surface area contributed by atoms with E-state index >= 15 is 0 Å². The van der Waals surface area contributed by atoms with Crippen LogP contribution in [0.2, 0.25) is 0 Å². The van der Waals surface area contributed by atoms with Crippen molar-refractivity contribution in [3.63, 3.8) is 0 Å². The molecular formula is C13H19N4O2+. The summed E-state index contributed by atoms with van der Waals surface area (Å²) < 4.78 is 0. The summed E-state index contributed by atoms with van der Waals surface area (Å²) in [7, 11) is 0. The molecule has 0 aliphatic carbocycles. The topological polar surface area (TPSA) is 113 Å². The number of aromatic nitrogens is 2. The van der Waals surface area contributed by atoms with Crippen molar-refractivity contribution in [2.45, 2.75) is 7.43 Å². The van der Waals surface area contributed by atoms with Gasteiger partial charge in [0.2, 0.25) is 5.91 Å². The normalized spacial score (nSPS) is 8.42. The van der Waals surface area contributed by atoms with Crippen LogP contribution in [0.15, 0.2) is 49.1 Å². The summed E-state index contributed by atoms with van der Waals surface area (Å²) in [5, 5.41) is 0. The summed E-state index contributed by atoms with van der Waals surface area (Å²) in [6.45, 7) is 0. The van der Waals surface area contributed by atoms with Gasteiger partial charge in [0.05, 0.1) is 5.56 Å². The molecule has 2 rings (SSSR count). The monoisotopic (exact) mass is 264 g/mol. The van der Waals surface area contributed by atoms with Crippen molar-refractivity contribution in [1.29, 1.82) is 0 Å². The van der Waals surface area contributed by atoms with Crippen LogP contribution < -0.4 is 16.5 Å². The molecule has 2 amide bonds. The number of nitrogens with two attached hydrogens (primary N) is 2. The second kappa shape index (κ2) is 8.35. The average molecular weight is 264 g/mol. The fraction of sp³-hybridized carbons (Fsp3) is 0.0769. The molecule has 0 atom stereocenters. The first-order chi connectivity index (χ1) is 8.61. The smallest absolute Gasteiger partial charge is 0.254 e. The van der Waals surface area contributed by atoms with Gasteiger partial charge in [-0.25, -0.2) is 4.98 Å². The second-order valence-corrected chi connectivity index (χ2v) is 3.26. The van der Waals surface area contributed by atoms with E-state index in [9.17, 15) is 9.59 Å². The van der Waals surface area contributed by atoms with Crippen molar-refractivity contribution in [3.8, 4) is 0 Å². The van der Waals surface area contributed by atoms with E-state index in [0.717, 1.165) is 0 Å². The predicted octanol–water partition coefficient (Wildman–Crippen LogP) is 0.662. The van der Waals surface area contributed by atoms with E-state index in [1.54, 1.807) is 42.9 Å². The van der Waals surface area contributed by atoms with Crippen LogP contribution >= 0.6 is 0 Å². The van der Waals surface area contributed by atoms with E-state index < -0.39 is 11.8 Å². The Morgan fingerprint density at radius 1 is 1.11 bits per heavy atom. The number of nitrogens with zero attached hydrogens (tertiary/aromatic N) is 1. The Morgan fingerprint density at radius 2 is 1.74 bits per heavy atom. The van der Waals surface area contributed by atoms with E-state index in [2.05, 4.69) is 9.97 Å². The number of primary amides is 2. The highest BCUT2D eigenvalue weighted by molar-refractivity contribution is 5.92. The maximum atomic E-state index is 10.4. The summed E-state index contributed by atoms with van der Waals surface area (Å²) in [6.07, 6.45) is 6.30. The summed E-state index contributed by atoms with van der Waals surface area (Å²) >= 11 is 0. The molecule has 5 N–H and O–H groups in total. The minimum absolute atomic E-state index is 0. The number of amides is 2. The quantitative estimate of drug-likeness (QED) is 0.830. The SMILES string of the molecule is C.NC(=O)c1ccc[nH+]c1.NC(=O)c1cccnc1.[2HH]. The van der Waals surface area contributed by atoms with Gasteiger partial charge in [0.1, 0.15) is 5.56 Å². The molecule has 0 spiro atoms. The van der Waals surface area contributed by atoms with Gasteiger partial charge < -0.3 is 11.5 Å². The third-order valence-electron chi connectivity index (χ3n) is 1.94. The first kappa shape index (κ1) is 16.2. The Kier molecular flexibility index (Phi) is 7.14. The number of hydrogen-bond donors (Lipinski definition) is 2. The Labute approximate surface area is 113 Å². The summed E-state index contributed by atoms with van der Waals surface area (Å²) in [4.78, 5) is 27.2. The van der Waals surface area contributed by atoms with E-state index in [1.807, 2.05) is 0 Å². The lowest BCUT2D eigenvalue weighted by atomic mass is 10.3. The van der Waals surface area contributed by atoms with Crippen LogP contribution in [0.25, 0.3) is 0 Å². The highest BCUT2D eigenvalue weighted by atomic mass is 16.1. The first-order valence-corrected chi connectivity index (χ1v) is 5.07. The molecule has 0 fully saturated rings. The van der Waals surface area contributed by atoms with E-state index in [4.69, 9.17) is 11.5 Å². The molecule has 2 aromatic heterocycles. The number of pyridine rings is 2. The van der Waals surface area contributed by atoms with Crippen LogP contribution in [0.3, 0.4) is 0 Å². The van der Waals surface area contributed by atoms with E-state index in [-0.39, 0.29) is 8.85 Å². The lowest BCUT2D eigenvalue weighted by Gasteiger charge is -1.88. The van der Waals surface area contributed by atoms with Crippen LogP contribution in [-0.2, 0) is 0 Å². The van der Waals surface area contributed by atoms with Gasteiger partial charge in [0.15, 0.2) is 12.4 Å². The Balaban J connectivity index is 0. The number of aromatic amines is 1.